The molecule has 1 saturated heterocycles. The van der Waals surface area contributed by atoms with Gasteiger partial charge in [-0.15, -0.1) is 0 Å². The lowest BCUT2D eigenvalue weighted by Crippen LogP contribution is -2.36. The summed E-state index contributed by atoms with van der Waals surface area (Å²) in [6.45, 7) is 4.81. The zero-order chi connectivity index (χ0) is 24.6. The Morgan fingerprint density at radius 3 is 2.89 bits per heavy atom. The number of amides is 1. The molecule has 10 nitrogen and oxygen atoms in total. The number of anilines is 2. The van der Waals surface area contributed by atoms with Crippen molar-refractivity contribution in [2.24, 2.45) is 5.41 Å². The van der Waals surface area contributed by atoms with Crippen molar-refractivity contribution < 1.29 is 9.53 Å². The minimum absolute atomic E-state index is 0.0639. The summed E-state index contributed by atoms with van der Waals surface area (Å²) in [7, 11) is 1.68. The topological polar surface area (TPSA) is 121 Å². The van der Waals surface area contributed by atoms with Gasteiger partial charge >= 0.3 is 0 Å². The summed E-state index contributed by atoms with van der Waals surface area (Å²) in [4.78, 5) is 23.7. The average molecular weight is 539 g/mol. The van der Waals surface area contributed by atoms with E-state index in [9.17, 15) is 10.1 Å². The summed E-state index contributed by atoms with van der Waals surface area (Å²) in [5.41, 5.74) is 2.46. The Morgan fingerprint density at radius 2 is 2.14 bits per heavy atom. The molecule has 3 heterocycles. The zero-order valence-corrected chi connectivity index (χ0v) is 21.3. The molecule has 1 saturated carbocycles. The Kier molecular flexibility index (Phi) is 6.34. The molecular weight excluding hydrogens is 512 g/mol. The molecule has 1 aromatic carbocycles. The summed E-state index contributed by atoms with van der Waals surface area (Å²) >= 11 is 3.52. The maximum absolute atomic E-state index is 12.3. The van der Waals surface area contributed by atoms with E-state index in [0.29, 0.717) is 41.4 Å². The first kappa shape index (κ1) is 23.5. The Hall–Kier alpha value is -3.23. The highest BCUT2D eigenvalue weighted by Gasteiger charge is 2.41. The summed E-state index contributed by atoms with van der Waals surface area (Å²) in [6.07, 6.45) is 4.12. The van der Waals surface area contributed by atoms with Crippen LogP contribution in [-0.2, 0) is 9.53 Å². The van der Waals surface area contributed by atoms with E-state index in [4.69, 9.17) is 9.72 Å². The van der Waals surface area contributed by atoms with Gasteiger partial charge in [-0.25, -0.2) is 9.67 Å². The second-order valence-corrected chi connectivity index (χ2v) is 10.0. The number of carbonyl (C=O) groups is 1. The molecule has 182 valence electrons. The molecule has 0 radical (unpaired) electrons. The van der Waals surface area contributed by atoms with Crippen molar-refractivity contribution in [3.8, 4) is 11.8 Å². The Labute approximate surface area is 211 Å². The van der Waals surface area contributed by atoms with E-state index < -0.39 is 5.41 Å². The largest absolute Gasteiger partial charge is 0.378 e. The van der Waals surface area contributed by atoms with Gasteiger partial charge in [-0.1, -0.05) is 6.92 Å². The van der Waals surface area contributed by atoms with E-state index in [1.54, 1.807) is 17.9 Å². The molecule has 1 amide bonds. The number of benzene rings is 1. The summed E-state index contributed by atoms with van der Waals surface area (Å²) in [6, 6.07) is 8.18. The van der Waals surface area contributed by atoms with E-state index in [2.05, 4.69) is 47.6 Å². The molecule has 11 heteroatoms. The number of ether oxygens (including phenoxy) is 1. The summed E-state index contributed by atoms with van der Waals surface area (Å²) in [5.74, 6) is 0.553. The quantitative estimate of drug-likeness (QED) is 0.508. The number of morpholine rings is 1. The minimum atomic E-state index is -0.392. The Bertz CT molecular complexity index is 1310. The molecule has 1 aliphatic carbocycles. The molecule has 3 aromatic rings. The molecule has 1 aliphatic heterocycles. The number of halogens is 1. The van der Waals surface area contributed by atoms with Crippen molar-refractivity contribution in [3.63, 3.8) is 0 Å². The number of fused-ring (bicyclic) bond motifs is 1. The van der Waals surface area contributed by atoms with Gasteiger partial charge < -0.3 is 20.3 Å². The predicted molar refractivity (Wildman–Crippen MR) is 136 cm³/mol. The van der Waals surface area contributed by atoms with Gasteiger partial charge in [0.25, 0.3) is 0 Å². The van der Waals surface area contributed by atoms with Crippen LogP contribution in [0.15, 0.2) is 29.0 Å². The molecule has 5 rings (SSSR count). The van der Waals surface area contributed by atoms with Crippen LogP contribution in [0.5, 0.6) is 0 Å². The number of carbonyl (C=O) groups excluding carboxylic acids is 1. The van der Waals surface area contributed by atoms with Crippen LogP contribution >= 0.6 is 15.9 Å². The van der Waals surface area contributed by atoms with Crippen molar-refractivity contribution >= 4 is 44.5 Å². The molecule has 2 N–H and O–H groups in total. The zero-order valence-electron chi connectivity index (χ0n) is 19.7. The van der Waals surface area contributed by atoms with Crippen LogP contribution < -0.4 is 15.5 Å². The normalized spacial score (nSPS) is 22.2. The smallest absolute Gasteiger partial charge is 0.225 e. The van der Waals surface area contributed by atoms with Crippen LogP contribution in [0.1, 0.15) is 31.7 Å². The van der Waals surface area contributed by atoms with Crippen LogP contribution in [0.2, 0.25) is 0 Å². The van der Waals surface area contributed by atoms with Gasteiger partial charge in [-0.2, -0.15) is 15.3 Å². The second kappa shape index (κ2) is 9.43. The van der Waals surface area contributed by atoms with Crippen LogP contribution in [-0.4, -0.2) is 65.0 Å². The first-order valence-corrected chi connectivity index (χ1v) is 12.5. The third-order valence-corrected chi connectivity index (χ3v) is 7.51. The lowest BCUT2D eigenvalue weighted by Gasteiger charge is -2.29. The van der Waals surface area contributed by atoms with Gasteiger partial charge in [-0.3, -0.25) is 4.79 Å². The van der Waals surface area contributed by atoms with Crippen molar-refractivity contribution in [1.82, 2.24) is 25.1 Å². The minimum Gasteiger partial charge on any atom is -0.378 e. The standard InChI is InChI=1S/C24H27BrN8O2/c1-24(22(34)27-2)6-5-16(12-24)29-23-28-14-18-20(25)31-33(21(18)30-23)17-3-4-19(15(11-17)13-26)32-7-9-35-10-8-32/h3-4,11,14,16H,5-10,12H2,1-2H3,(H,27,34)(H,28,29,30)/t16-,24-/m1/s1. The third-order valence-electron chi connectivity index (χ3n) is 6.93. The van der Waals surface area contributed by atoms with Gasteiger partial charge in [-0.05, 0) is 53.4 Å². The maximum atomic E-state index is 12.3. The fourth-order valence-electron chi connectivity index (χ4n) is 5.00. The van der Waals surface area contributed by atoms with Gasteiger partial charge in [0, 0.05) is 37.8 Å². The van der Waals surface area contributed by atoms with Crippen molar-refractivity contribution in [3.05, 3.63) is 34.6 Å². The van der Waals surface area contributed by atoms with Crippen molar-refractivity contribution in [2.45, 2.75) is 32.2 Å². The fraction of sp³-hybridized carbons (Fsp3) is 0.458. The van der Waals surface area contributed by atoms with Crippen LogP contribution in [0, 0.1) is 16.7 Å². The summed E-state index contributed by atoms with van der Waals surface area (Å²) in [5, 5.41) is 21.4. The number of nitrogens with one attached hydrogen (secondary N) is 2. The molecule has 2 aromatic heterocycles. The first-order valence-electron chi connectivity index (χ1n) is 11.7. The second-order valence-electron chi connectivity index (χ2n) is 9.27. The van der Waals surface area contributed by atoms with Crippen LogP contribution in [0.3, 0.4) is 0 Å². The number of aromatic nitrogens is 4. The number of hydrogen-bond donors (Lipinski definition) is 2. The van der Waals surface area contributed by atoms with E-state index >= 15 is 0 Å². The van der Waals surface area contributed by atoms with Gasteiger partial charge in [0.05, 0.1) is 35.5 Å². The molecule has 0 spiro atoms. The average Bonchev–Trinajstić information content (AvgIpc) is 3.43. The summed E-state index contributed by atoms with van der Waals surface area (Å²) < 4.78 is 7.79. The van der Waals surface area contributed by atoms with Crippen LogP contribution in [0.25, 0.3) is 16.7 Å². The maximum Gasteiger partial charge on any atom is 0.225 e. The number of nitrogens with zero attached hydrogens (tertiary/aromatic N) is 6. The highest BCUT2D eigenvalue weighted by molar-refractivity contribution is 9.10. The van der Waals surface area contributed by atoms with E-state index in [0.717, 1.165) is 42.7 Å². The molecule has 0 unspecified atom stereocenters. The lowest BCUT2D eigenvalue weighted by atomic mass is 9.87. The third kappa shape index (κ3) is 4.44. The number of rotatable bonds is 5. The highest BCUT2D eigenvalue weighted by Crippen LogP contribution is 2.39. The Balaban J connectivity index is 1.44. The highest BCUT2D eigenvalue weighted by atomic mass is 79.9. The Morgan fingerprint density at radius 1 is 1.34 bits per heavy atom. The van der Waals surface area contributed by atoms with E-state index in [1.807, 2.05) is 25.1 Å². The van der Waals surface area contributed by atoms with Crippen molar-refractivity contribution in [2.75, 3.05) is 43.6 Å². The molecular formula is C24H27BrN8O2. The lowest BCUT2D eigenvalue weighted by molar-refractivity contribution is -0.129. The number of nitriles is 1. The van der Waals surface area contributed by atoms with E-state index in [1.165, 1.54) is 0 Å². The molecule has 35 heavy (non-hydrogen) atoms. The van der Waals surface area contributed by atoms with Crippen molar-refractivity contribution in [1.29, 1.82) is 5.26 Å². The molecule has 0 bridgehead atoms. The van der Waals surface area contributed by atoms with Crippen LogP contribution in [0.4, 0.5) is 11.6 Å². The fourth-order valence-corrected chi connectivity index (χ4v) is 5.44. The first-order chi connectivity index (χ1) is 16.9. The SMILES string of the molecule is CNC(=O)[C@]1(C)CC[C@@H](Nc2ncc3c(Br)nn(-c4ccc(N5CCOCC5)c(C#N)c4)c3n2)C1. The molecule has 2 aliphatic rings. The molecule has 2 atom stereocenters. The van der Waals surface area contributed by atoms with Gasteiger partial charge in [0.1, 0.15) is 10.7 Å². The van der Waals surface area contributed by atoms with E-state index in [-0.39, 0.29) is 11.9 Å². The number of hydrogen-bond acceptors (Lipinski definition) is 8. The predicted octanol–water partition coefficient (Wildman–Crippen LogP) is 3.00. The van der Waals surface area contributed by atoms with Gasteiger partial charge in [0.15, 0.2) is 5.65 Å². The monoisotopic (exact) mass is 538 g/mol. The van der Waals surface area contributed by atoms with Gasteiger partial charge in [0.2, 0.25) is 11.9 Å². The molecule has 2 fully saturated rings.